The van der Waals surface area contributed by atoms with Crippen LogP contribution in [0.5, 0.6) is 0 Å². The van der Waals surface area contributed by atoms with Crippen LogP contribution in [0.2, 0.25) is 0 Å². The fourth-order valence-electron chi connectivity index (χ4n) is 2.52. The Bertz CT molecular complexity index is 382. The van der Waals surface area contributed by atoms with Crippen molar-refractivity contribution in [3.05, 3.63) is 0 Å². The van der Waals surface area contributed by atoms with Crippen LogP contribution in [0, 0.1) is 0 Å². The Labute approximate surface area is 130 Å². The summed E-state index contributed by atoms with van der Waals surface area (Å²) in [5.74, 6) is 0. The van der Waals surface area contributed by atoms with Gasteiger partial charge in [0.1, 0.15) is 48.8 Å². The lowest BCUT2D eigenvalue weighted by Crippen LogP contribution is -2.43. The summed E-state index contributed by atoms with van der Waals surface area (Å²) in [6.07, 6.45) is -14.7. The summed E-state index contributed by atoms with van der Waals surface area (Å²) >= 11 is 0. The monoisotopic (exact) mass is 342 g/mol. The molecule has 23 heavy (non-hydrogen) atoms. The molecule has 0 aromatic carbocycles. The van der Waals surface area contributed by atoms with E-state index in [4.69, 9.17) is 19.3 Å². The molecular formula is C12H22O11. The van der Waals surface area contributed by atoms with Crippen molar-refractivity contribution in [1.29, 1.82) is 0 Å². The molecule has 2 aliphatic heterocycles. The van der Waals surface area contributed by atoms with Crippen LogP contribution >= 0.6 is 0 Å². The van der Waals surface area contributed by atoms with E-state index in [2.05, 4.69) is 0 Å². The molecule has 1 unspecified atom stereocenters. The maximum Gasteiger partial charge on any atom is 0.186 e. The molecular weight excluding hydrogens is 320 g/mol. The second-order valence-electron chi connectivity index (χ2n) is 5.57. The number of aliphatic hydroxyl groups is 8. The first-order chi connectivity index (χ1) is 10.8. The van der Waals surface area contributed by atoms with Crippen molar-refractivity contribution in [2.75, 3.05) is 13.2 Å². The molecule has 0 bridgehead atoms. The van der Waals surface area contributed by atoms with Crippen molar-refractivity contribution < 1.29 is 55.1 Å². The van der Waals surface area contributed by atoms with Crippen LogP contribution in [-0.4, -0.2) is 115 Å². The third-order valence-electron chi connectivity index (χ3n) is 3.91. The normalized spacial score (nSPS) is 47.0. The number of ether oxygens (including phenoxy) is 3. The molecule has 136 valence electrons. The van der Waals surface area contributed by atoms with Crippen LogP contribution < -0.4 is 0 Å². The zero-order valence-electron chi connectivity index (χ0n) is 12.0. The maximum absolute atomic E-state index is 9.87. The summed E-state index contributed by atoms with van der Waals surface area (Å²) in [4.78, 5) is 0. The zero-order chi connectivity index (χ0) is 17.3. The predicted molar refractivity (Wildman–Crippen MR) is 68.6 cm³/mol. The van der Waals surface area contributed by atoms with Gasteiger partial charge in [0.05, 0.1) is 13.2 Å². The molecule has 8 N–H and O–H groups in total. The molecule has 0 spiro atoms. The highest BCUT2D eigenvalue weighted by atomic mass is 16.7. The minimum absolute atomic E-state index is 0.516. The van der Waals surface area contributed by atoms with Crippen LogP contribution in [0.4, 0.5) is 0 Å². The van der Waals surface area contributed by atoms with Gasteiger partial charge in [-0.1, -0.05) is 0 Å². The van der Waals surface area contributed by atoms with Crippen molar-refractivity contribution >= 4 is 0 Å². The third-order valence-corrected chi connectivity index (χ3v) is 3.91. The molecule has 0 aromatic heterocycles. The summed E-state index contributed by atoms with van der Waals surface area (Å²) < 4.78 is 14.9. The average Bonchev–Trinajstić information content (AvgIpc) is 2.96. The fourth-order valence-corrected chi connectivity index (χ4v) is 2.52. The highest BCUT2D eigenvalue weighted by molar-refractivity contribution is 4.92. The van der Waals surface area contributed by atoms with Crippen molar-refractivity contribution in [1.82, 2.24) is 0 Å². The molecule has 11 heteroatoms. The molecule has 2 aliphatic rings. The molecule has 0 aliphatic carbocycles. The number of hydrogen-bond acceptors (Lipinski definition) is 11. The topological polar surface area (TPSA) is 190 Å². The molecule has 2 fully saturated rings. The minimum Gasteiger partial charge on any atom is -0.394 e. The molecule has 2 rings (SSSR count). The second-order valence-corrected chi connectivity index (χ2v) is 5.57. The molecule has 2 heterocycles. The van der Waals surface area contributed by atoms with Gasteiger partial charge >= 0.3 is 0 Å². The first-order valence-corrected chi connectivity index (χ1v) is 7.07. The third kappa shape index (κ3) is 3.81. The van der Waals surface area contributed by atoms with Crippen LogP contribution in [0.15, 0.2) is 0 Å². The Balaban J connectivity index is 1.86. The van der Waals surface area contributed by atoms with E-state index in [0.717, 1.165) is 0 Å². The summed E-state index contributed by atoms with van der Waals surface area (Å²) in [7, 11) is 0. The van der Waals surface area contributed by atoms with E-state index in [1.807, 2.05) is 0 Å². The van der Waals surface area contributed by atoms with Gasteiger partial charge in [0, 0.05) is 0 Å². The Morgan fingerprint density at radius 3 is 1.87 bits per heavy atom. The van der Waals surface area contributed by atoms with Gasteiger partial charge in [-0.15, -0.1) is 0 Å². The van der Waals surface area contributed by atoms with Gasteiger partial charge in [-0.25, -0.2) is 0 Å². The molecule has 10 atom stereocenters. The first kappa shape index (κ1) is 18.9. The Morgan fingerprint density at radius 1 is 0.783 bits per heavy atom. The van der Waals surface area contributed by atoms with Crippen molar-refractivity contribution in [2.45, 2.75) is 61.4 Å². The Hall–Kier alpha value is -0.440. The van der Waals surface area contributed by atoms with Gasteiger partial charge in [-0.2, -0.15) is 0 Å². The molecule has 2 saturated heterocycles. The van der Waals surface area contributed by atoms with E-state index in [-0.39, 0.29) is 0 Å². The van der Waals surface area contributed by atoms with E-state index >= 15 is 0 Å². The maximum atomic E-state index is 9.87. The zero-order valence-corrected chi connectivity index (χ0v) is 12.0. The summed E-state index contributed by atoms with van der Waals surface area (Å²) in [6, 6.07) is 0. The number of rotatable bonds is 6. The summed E-state index contributed by atoms with van der Waals surface area (Å²) in [5, 5.41) is 75.8. The van der Waals surface area contributed by atoms with Gasteiger partial charge in [-0.05, 0) is 0 Å². The second kappa shape index (κ2) is 7.63. The van der Waals surface area contributed by atoms with Crippen molar-refractivity contribution in [2.24, 2.45) is 0 Å². The van der Waals surface area contributed by atoms with Crippen LogP contribution in [-0.2, 0) is 14.2 Å². The molecule has 11 nitrogen and oxygen atoms in total. The lowest BCUT2D eigenvalue weighted by Gasteiger charge is -2.23. The van der Waals surface area contributed by atoms with Gasteiger partial charge in [-0.3, -0.25) is 0 Å². The first-order valence-electron chi connectivity index (χ1n) is 7.07. The fraction of sp³-hybridized carbons (Fsp3) is 1.00. The number of hydrogen-bond donors (Lipinski definition) is 8. The van der Waals surface area contributed by atoms with Crippen molar-refractivity contribution in [3.8, 4) is 0 Å². The largest absolute Gasteiger partial charge is 0.394 e. The number of aliphatic hydroxyl groups excluding tert-OH is 8. The van der Waals surface area contributed by atoms with Gasteiger partial charge in [0.2, 0.25) is 0 Å². The lowest BCUT2D eigenvalue weighted by molar-refractivity contribution is -0.206. The standard InChI is InChI=1S/C12H22O11/c13-1-3(14)9-6(17)8(19)12(23-9)21-2-4(15)10-5(16)7(18)11(20)22-10/h3-20H,1-2H2/t3-,4-,5-,6-,7-,8-,9+,10+,11?,12-/m1/s1. The van der Waals surface area contributed by atoms with E-state index in [1.165, 1.54) is 0 Å². The molecule has 0 radical (unpaired) electrons. The molecule has 0 saturated carbocycles. The highest BCUT2D eigenvalue weighted by Crippen LogP contribution is 2.26. The molecule has 0 aromatic rings. The molecule has 0 amide bonds. The summed E-state index contributed by atoms with van der Waals surface area (Å²) in [5.41, 5.74) is 0. The van der Waals surface area contributed by atoms with Crippen LogP contribution in [0.3, 0.4) is 0 Å². The predicted octanol–water partition coefficient (Wildman–Crippen LogP) is -5.40. The van der Waals surface area contributed by atoms with Crippen LogP contribution in [0.25, 0.3) is 0 Å². The quantitative estimate of drug-likeness (QED) is 0.230. The Morgan fingerprint density at radius 2 is 1.35 bits per heavy atom. The van der Waals surface area contributed by atoms with E-state index < -0.39 is 74.6 Å². The van der Waals surface area contributed by atoms with Gasteiger partial charge in [0.15, 0.2) is 12.6 Å². The lowest BCUT2D eigenvalue weighted by atomic mass is 10.1. The minimum atomic E-state index is -1.65. The smallest absolute Gasteiger partial charge is 0.186 e. The summed E-state index contributed by atoms with van der Waals surface area (Å²) in [6.45, 7) is -1.21. The van der Waals surface area contributed by atoms with Crippen molar-refractivity contribution in [3.63, 3.8) is 0 Å². The SMILES string of the molecule is OC[C@@H](O)[C@@H]1O[C@@H](OC[C@@H](O)[C@@H]2OC(O)[C@H](O)[C@H]2O)[C@H](O)[C@H]1O. The van der Waals surface area contributed by atoms with Gasteiger partial charge < -0.3 is 55.1 Å². The van der Waals surface area contributed by atoms with E-state index in [1.54, 1.807) is 0 Å². The highest BCUT2D eigenvalue weighted by Gasteiger charge is 2.48. The van der Waals surface area contributed by atoms with Gasteiger partial charge in [0.25, 0.3) is 0 Å². The average molecular weight is 342 g/mol. The van der Waals surface area contributed by atoms with Crippen LogP contribution in [0.1, 0.15) is 0 Å². The Kier molecular flexibility index (Phi) is 6.27. The van der Waals surface area contributed by atoms with E-state index in [0.29, 0.717) is 0 Å². The van der Waals surface area contributed by atoms with E-state index in [9.17, 15) is 35.7 Å².